The van der Waals surface area contributed by atoms with E-state index in [1.54, 1.807) is 69.2 Å². The highest BCUT2D eigenvalue weighted by atomic mass is 16.6. The van der Waals surface area contributed by atoms with Crippen LogP contribution in [0.3, 0.4) is 0 Å². The quantitative estimate of drug-likeness (QED) is 0.219. The first-order valence-corrected chi connectivity index (χ1v) is 14.9. The Balaban J connectivity index is 2.09. The van der Waals surface area contributed by atoms with Gasteiger partial charge in [-0.05, 0) is 94.1 Å². The third-order valence-corrected chi connectivity index (χ3v) is 7.05. The molecule has 3 aromatic rings. The predicted molar refractivity (Wildman–Crippen MR) is 172 cm³/mol. The molecule has 3 aromatic carbocycles. The fraction of sp³-hybridized carbons (Fsp3) is 0.400. The van der Waals surface area contributed by atoms with Crippen LogP contribution in [0.4, 0.5) is 10.5 Å². The molecule has 2 atom stereocenters. The number of hydrogen-bond acceptors (Lipinski definition) is 6. The molecule has 0 spiro atoms. The molecule has 2 unspecified atom stereocenters. The summed E-state index contributed by atoms with van der Waals surface area (Å²) in [5.74, 6) is -0.0623. The molecule has 0 aromatic heterocycles. The smallest absolute Gasteiger partial charge is 0.408 e. The maximum absolute atomic E-state index is 14.6. The second-order valence-electron chi connectivity index (χ2n) is 11.9. The summed E-state index contributed by atoms with van der Waals surface area (Å²) >= 11 is 0. The van der Waals surface area contributed by atoms with Crippen LogP contribution in [0.2, 0.25) is 0 Å². The number of carbonyl (C=O) groups excluding carboxylic acids is 3. The summed E-state index contributed by atoms with van der Waals surface area (Å²) in [5.41, 5.74) is 3.00. The number of benzene rings is 3. The first kappa shape index (κ1) is 34.0. The predicted octanol–water partition coefficient (Wildman–Crippen LogP) is 6.46. The molecule has 0 aliphatic heterocycles. The number of phenols is 1. The van der Waals surface area contributed by atoms with E-state index in [0.29, 0.717) is 23.4 Å². The second kappa shape index (κ2) is 15.3. The van der Waals surface area contributed by atoms with E-state index in [1.165, 1.54) is 12.1 Å². The summed E-state index contributed by atoms with van der Waals surface area (Å²) in [5, 5.41) is 15.6. The fourth-order valence-electron chi connectivity index (χ4n) is 4.80. The number of aromatic hydroxyl groups is 1. The van der Waals surface area contributed by atoms with Gasteiger partial charge < -0.3 is 30.1 Å². The molecule has 9 nitrogen and oxygen atoms in total. The highest BCUT2D eigenvalue weighted by molar-refractivity contribution is 5.99. The van der Waals surface area contributed by atoms with Crippen molar-refractivity contribution in [2.24, 2.45) is 0 Å². The number of ether oxygens (including phenoxy) is 2. The van der Waals surface area contributed by atoms with Crippen LogP contribution in [0.25, 0.3) is 0 Å². The number of hydrogen-bond donors (Lipinski definition) is 3. The van der Waals surface area contributed by atoms with Gasteiger partial charge in [0.1, 0.15) is 29.2 Å². The number of methoxy groups -OCH3 is 1. The van der Waals surface area contributed by atoms with Gasteiger partial charge in [0.2, 0.25) is 5.91 Å². The maximum atomic E-state index is 14.6. The van der Waals surface area contributed by atoms with Crippen LogP contribution in [-0.2, 0) is 20.7 Å². The largest absolute Gasteiger partial charge is 0.508 e. The third-order valence-electron chi connectivity index (χ3n) is 7.05. The Morgan fingerprint density at radius 1 is 0.955 bits per heavy atom. The van der Waals surface area contributed by atoms with Crippen molar-refractivity contribution in [1.82, 2.24) is 10.2 Å². The fourth-order valence-corrected chi connectivity index (χ4v) is 4.80. The molecular weight excluding hydrogens is 558 g/mol. The average Bonchev–Trinajstić information content (AvgIpc) is 2.96. The lowest BCUT2D eigenvalue weighted by Gasteiger charge is -2.35. The van der Waals surface area contributed by atoms with E-state index in [4.69, 9.17) is 9.47 Å². The lowest BCUT2D eigenvalue weighted by Crippen LogP contribution is -2.53. The van der Waals surface area contributed by atoms with Gasteiger partial charge in [0.25, 0.3) is 5.91 Å². The monoisotopic (exact) mass is 603 g/mol. The summed E-state index contributed by atoms with van der Waals surface area (Å²) in [6.45, 7) is 11.4. The minimum atomic E-state index is -1.05. The molecule has 0 radical (unpaired) electrons. The zero-order valence-electron chi connectivity index (χ0n) is 26.8. The lowest BCUT2D eigenvalue weighted by atomic mass is 9.95. The van der Waals surface area contributed by atoms with Gasteiger partial charge in [0, 0.05) is 18.7 Å². The van der Waals surface area contributed by atoms with Crippen LogP contribution in [0.5, 0.6) is 11.5 Å². The normalized spacial score (nSPS) is 12.5. The minimum absolute atomic E-state index is 0.0893. The van der Waals surface area contributed by atoms with Crippen LogP contribution in [-0.4, -0.2) is 53.2 Å². The number of amides is 3. The minimum Gasteiger partial charge on any atom is -0.508 e. The molecule has 0 saturated heterocycles. The number of anilines is 1. The average molecular weight is 604 g/mol. The Labute approximate surface area is 260 Å². The highest BCUT2D eigenvalue weighted by Crippen LogP contribution is 2.29. The van der Waals surface area contributed by atoms with Crippen molar-refractivity contribution in [1.29, 1.82) is 0 Å². The van der Waals surface area contributed by atoms with Crippen molar-refractivity contribution < 1.29 is 29.0 Å². The molecule has 0 aliphatic carbocycles. The number of unbranched alkanes of at least 4 members (excludes halogenated alkanes) is 1. The highest BCUT2D eigenvalue weighted by Gasteiger charge is 2.37. The zero-order valence-corrected chi connectivity index (χ0v) is 26.8. The summed E-state index contributed by atoms with van der Waals surface area (Å²) < 4.78 is 10.8. The van der Waals surface area contributed by atoms with Gasteiger partial charge in [0.15, 0.2) is 0 Å². The van der Waals surface area contributed by atoms with Gasteiger partial charge in [-0.3, -0.25) is 9.59 Å². The lowest BCUT2D eigenvalue weighted by molar-refractivity contribution is -0.140. The molecule has 0 bridgehead atoms. The summed E-state index contributed by atoms with van der Waals surface area (Å²) in [6.07, 6.45) is 0.809. The van der Waals surface area contributed by atoms with Crippen LogP contribution in [0.1, 0.15) is 68.8 Å². The maximum Gasteiger partial charge on any atom is 0.408 e. The van der Waals surface area contributed by atoms with Gasteiger partial charge in [-0.25, -0.2) is 4.79 Å². The third kappa shape index (κ3) is 9.76. The van der Waals surface area contributed by atoms with Crippen molar-refractivity contribution >= 4 is 23.6 Å². The molecule has 0 heterocycles. The van der Waals surface area contributed by atoms with E-state index in [2.05, 4.69) is 10.6 Å². The molecule has 0 aliphatic rings. The summed E-state index contributed by atoms with van der Waals surface area (Å²) in [7, 11) is 1.57. The van der Waals surface area contributed by atoms with Crippen LogP contribution < -0.4 is 15.4 Å². The van der Waals surface area contributed by atoms with Crippen molar-refractivity contribution in [2.45, 2.75) is 78.5 Å². The summed E-state index contributed by atoms with van der Waals surface area (Å²) in [6, 6.07) is 17.2. The SMILES string of the molecule is CCCCN(C(=O)C(Cc1ccc(O)cc1)NC(=O)OC(C)(C)C)C(C(=O)Nc1ccc(OC)cc1)c1cc(C)ccc1C. The molecule has 3 amide bonds. The number of aryl methyl sites for hydroxylation is 2. The Bertz CT molecular complexity index is 1410. The van der Waals surface area contributed by atoms with Gasteiger partial charge >= 0.3 is 6.09 Å². The molecule has 9 heteroatoms. The molecule has 44 heavy (non-hydrogen) atoms. The second-order valence-corrected chi connectivity index (χ2v) is 11.9. The molecular formula is C35H45N3O6. The van der Waals surface area contributed by atoms with E-state index in [-0.39, 0.29) is 24.6 Å². The van der Waals surface area contributed by atoms with Crippen LogP contribution in [0, 0.1) is 13.8 Å². The van der Waals surface area contributed by atoms with E-state index in [1.807, 2.05) is 39.0 Å². The number of rotatable bonds is 12. The van der Waals surface area contributed by atoms with Crippen molar-refractivity contribution in [3.05, 3.63) is 89.0 Å². The number of alkyl carbamates (subject to hydrolysis) is 1. The van der Waals surface area contributed by atoms with E-state index >= 15 is 0 Å². The van der Waals surface area contributed by atoms with Gasteiger partial charge in [0.05, 0.1) is 7.11 Å². The van der Waals surface area contributed by atoms with Crippen molar-refractivity contribution in [3.63, 3.8) is 0 Å². The van der Waals surface area contributed by atoms with Crippen LogP contribution in [0.15, 0.2) is 66.7 Å². The van der Waals surface area contributed by atoms with E-state index < -0.39 is 29.7 Å². The first-order valence-electron chi connectivity index (χ1n) is 14.9. The molecule has 0 saturated carbocycles. The molecule has 236 valence electrons. The topological polar surface area (TPSA) is 117 Å². The van der Waals surface area contributed by atoms with Crippen LogP contribution >= 0.6 is 0 Å². The first-order chi connectivity index (χ1) is 20.8. The zero-order chi connectivity index (χ0) is 32.4. The standard InChI is InChI=1S/C35H45N3O6/c1-8-9-20-38(33(41)30(37-34(42)44-35(4,5)6)22-25-12-16-27(39)17-13-25)31(29-21-23(2)10-11-24(29)3)32(40)36-26-14-18-28(43-7)19-15-26/h10-19,21,30-31,39H,8-9,20,22H2,1-7H3,(H,36,40)(H,37,42). The Morgan fingerprint density at radius 2 is 1.61 bits per heavy atom. The van der Waals surface area contributed by atoms with Crippen molar-refractivity contribution in [2.75, 3.05) is 19.0 Å². The van der Waals surface area contributed by atoms with Gasteiger partial charge in [-0.15, -0.1) is 0 Å². The molecule has 0 fully saturated rings. The number of nitrogens with one attached hydrogen (secondary N) is 2. The Kier molecular flexibility index (Phi) is 11.8. The Morgan fingerprint density at radius 3 is 2.20 bits per heavy atom. The van der Waals surface area contributed by atoms with Gasteiger partial charge in [-0.2, -0.15) is 0 Å². The Hall–Kier alpha value is -4.53. The van der Waals surface area contributed by atoms with Crippen molar-refractivity contribution in [3.8, 4) is 11.5 Å². The van der Waals surface area contributed by atoms with E-state index in [9.17, 15) is 19.5 Å². The summed E-state index contributed by atoms with van der Waals surface area (Å²) in [4.78, 5) is 43.3. The van der Waals surface area contributed by atoms with Gasteiger partial charge in [-0.1, -0.05) is 49.2 Å². The molecule has 3 rings (SSSR count). The molecule has 3 N–H and O–H groups in total. The number of carbonyl (C=O) groups is 3. The van der Waals surface area contributed by atoms with E-state index in [0.717, 1.165) is 23.1 Å². The number of nitrogens with zero attached hydrogens (tertiary/aromatic N) is 1. The number of phenolic OH excluding ortho intramolecular Hbond substituents is 1.